The van der Waals surface area contributed by atoms with Crippen LogP contribution >= 0.6 is 0 Å². The van der Waals surface area contributed by atoms with Gasteiger partial charge in [-0.15, -0.1) is 0 Å². The minimum absolute atomic E-state index is 0.0935. The largest absolute Gasteiger partial charge is 0.755 e. The van der Waals surface area contributed by atoms with E-state index < -0.39 is 29.9 Å². The van der Waals surface area contributed by atoms with Gasteiger partial charge in [0.15, 0.2) is 6.61 Å². The van der Waals surface area contributed by atoms with Crippen molar-refractivity contribution < 1.29 is 28.2 Å². The monoisotopic (exact) mass is 507 g/mol. The highest BCUT2D eigenvalue weighted by atomic mass is 32.2. The minimum atomic E-state index is -2.54. The summed E-state index contributed by atoms with van der Waals surface area (Å²) in [6.07, 6.45) is 2.05. The molecule has 2 atom stereocenters. The Morgan fingerprint density at radius 2 is 1.78 bits per heavy atom. The molecule has 0 saturated heterocycles. The molecule has 1 aliphatic rings. The summed E-state index contributed by atoms with van der Waals surface area (Å²) >= 11 is -2.54. The molecule has 0 radical (unpaired) electrons. The Bertz CT molecular complexity index is 1290. The van der Waals surface area contributed by atoms with E-state index in [9.17, 15) is 18.4 Å². The summed E-state index contributed by atoms with van der Waals surface area (Å²) in [5, 5.41) is 8.98. The van der Waals surface area contributed by atoms with E-state index in [1.165, 1.54) is 9.21 Å². The molecule has 0 saturated carbocycles. The highest BCUT2D eigenvalue weighted by Crippen LogP contribution is 2.41. The Balaban J connectivity index is 1.64. The van der Waals surface area contributed by atoms with Crippen molar-refractivity contribution >= 4 is 28.8 Å². The van der Waals surface area contributed by atoms with Crippen LogP contribution < -0.4 is 9.04 Å². The first kappa shape index (κ1) is 25.4. The van der Waals surface area contributed by atoms with E-state index in [1.54, 1.807) is 44.4 Å². The van der Waals surface area contributed by atoms with Crippen LogP contribution in [-0.2, 0) is 22.5 Å². The topological polar surface area (TPSA) is 110 Å². The summed E-state index contributed by atoms with van der Waals surface area (Å²) < 4.78 is 31.7. The number of carboxylic acids is 1. The Morgan fingerprint density at radius 1 is 1.06 bits per heavy atom. The maximum Gasteiger partial charge on any atom is 0.341 e. The van der Waals surface area contributed by atoms with Crippen molar-refractivity contribution in [3.63, 3.8) is 0 Å². The van der Waals surface area contributed by atoms with E-state index in [0.717, 1.165) is 28.7 Å². The van der Waals surface area contributed by atoms with Crippen LogP contribution in [0.25, 0.3) is 11.1 Å². The lowest BCUT2D eigenvalue weighted by atomic mass is 9.87. The number of hydrogen-bond donors (Lipinski definition) is 1. The standard InChI is InChI=1S/C27H28N2O6S/c1-28(2)27(32)20-7-3-6-19(16-20)18-12-14-21(15-13-18)29(36(33)34)24-10-4-9-23-22(24)8-5-11-25(23)35-17-26(30)31/h3,5-8,11-16,24H,4,9-10,17H2,1-2H3,(H,30,31)(H,33,34)/p-1. The van der Waals surface area contributed by atoms with E-state index >= 15 is 0 Å². The number of aliphatic carboxylic acids is 1. The molecule has 3 aromatic carbocycles. The molecule has 188 valence electrons. The van der Waals surface area contributed by atoms with Crippen LogP contribution in [-0.4, -0.2) is 51.3 Å². The number of benzene rings is 3. The normalized spacial score (nSPS) is 15.5. The van der Waals surface area contributed by atoms with Crippen LogP contribution in [0.15, 0.2) is 66.7 Å². The molecule has 0 aromatic heterocycles. The van der Waals surface area contributed by atoms with Crippen molar-refractivity contribution in [2.75, 3.05) is 25.0 Å². The Morgan fingerprint density at radius 3 is 2.44 bits per heavy atom. The zero-order chi connectivity index (χ0) is 25.8. The van der Waals surface area contributed by atoms with Gasteiger partial charge in [-0.25, -0.2) is 4.79 Å². The number of amides is 1. The van der Waals surface area contributed by atoms with Crippen LogP contribution in [0, 0.1) is 0 Å². The first-order valence-electron chi connectivity index (χ1n) is 11.5. The molecule has 0 heterocycles. The fourth-order valence-electron chi connectivity index (χ4n) is 4.57. The van der Waals surface area contributed by atoms with Gasteiger partial charge in [0.25, 0.3) is 5.91 Å². The second kappa shape index (κ2) is 10.9. The third kappa shape index (κ3) is 5.42. The van der Waals surface area contributed by atoms with Crippen LogP contribution in [0.4, 0.5) is 5.69 Å². The van der Waals surface area contributed by atoms with E-state index in [0.29, 0.717) is 29.8 Å². The number of fused-ring (bicyclic) bond motifs is 1. The molecule has 4 rings (SSSR count). The maximum absolute atomic E-state index is 12.4. The molecule has 1 N–H and O–H groups in total. The Kier molecular flexibility index (Phi) is 7.71. The van der Waals surface area contributed by atoms with Gasteiger partial charge in [0.2, 0.25) is 0 Å². The van der Waals surface area contributed by atoms with Gasteiger partial charge < -0.3 is 19.3 Å². The summed E-state index contributed by atoms with van der Waals surface area (Å²) in [7, 11) is 3.40. The number of carboxylic acid groups (broad SMARTS) is 1. The fourth-order valence-corrected chi connectivity index (χ4v) is 5.29. The summed E-state index contributed by atoms with van der Waals surface area (Å²) in [6.45, 7) is -0.457. The number of hydrogen-bond acceptors (Lipinski definition) is 5. The van der Waals surface area contributed by atoms with Gasteiger partial charge in [0.1, 0.15) is 5.75 Å². The number of rotatable bonds is 8. The number of ether oxygens (including phenoxy) is 1. The number of anilines is 1. The maximum atomic E-state index is 12.4. The van der Waals surface area contributed by atoms with E-state index in [2.05, 4.69) is 0 Å². The lowest BCUT2D eigenvalue weighted by Crippen LogP contribution is -2.33. The van der Waals surface area contributed by atoms with E-state index in [4.69, 9.17) is 9.84 Å². The van der Waals surface area contributed by atoms with Gasteiger partial charge in [-0.1, -0.05) is 36.4 Å². The van der Waals surface area contributed by atoms with Crippen LogP contribution in [0.2, 0.25) is 0 Å². The van der Waals surface area contributed by atoms with Gasteiger partial charge in [0, 0.05) is 36.6 Å². The van der Waals surface area contributed by atoms with E-state index in [-0.39, 0.29) is 5.91 Å². The second-order valence-electron chi connectivity index (χ2n) is 8.78. The van der Waals surface area contributed by atoms with Crippen molar-refractivity contribution in [2.45, 2.75) is 25.3 Å². The smallest absolute Gasteiger partial charge is 0.341 e. The minimum Gasteiger partial charge on any atom is -0.755 e. The average molecular weight is 508 g/mol. The predicted molar refractivity (Wildman–Crippen MR) is 137 cm³/mol. The number of carbonyl (C=O) groups is 2. The van der Waals surface area contributed by atoms with Gasteiger partial charge in [0.05, 0.1) is 6.04 Å². The number of nitrogens with zero attached hydrogens (tertiary/aromatic N) is 2. The van der Waals surface area contributed by atoms with Gasteiger partial charge >= 0.3 is 5.97 Å². The zero-order valence-electron chi connectivity index (χ0n) is 20.0. The first-order valence-corrected chi connectivity index (χ1v) is 12.6. The van der Waals surface area contributed by atoms with Crippen LogP contribution in [0.3, 0.4) is 0 Å². The summed E-state index contributed by atoms with van der Waals surface area (Å²) in [4.78, 5) is 24.8. The molecule has 3 aromatic rings. The van der Waals surface area contributed by atoms with Crippen molar-refractivity contribution in [3.8, 4) is 16.9 Å². The molecule has 9 heteroatoms. The van der Waals surface area contributed by atoms with Gasteiger partial charge in [-0.3, -0.25) is 13.3 Å². The molecule has 8 nitrogen and oxygen atoms in total. The van der Waals surface area contributed by atoms with Crippen molar-refractivity contribution in [1.29, 1.82) is 0 Å². The first-order chi connectivity index (χ1) is 17.3. The molecular weight excluding hydrogens is 480 g/mol. The Hall–Kier alpha value is -3.69. The third-order valence-electron chi connectivity index (χ3n) is 6.20. The molecular formula is C27H27N2O6S-. The highest BCUT2D eigenvalue weighted by Gasteiger charge is 2.29. The number of carbonyl (C=O) groups excluding carboxylic acids is 1. The lowest BCUT2D eigenvalue weighted by molar-refractivity contribution is -0.139. The van der Waals surface area contributed by atoms with Gasteiger partial charge in [-0.2, -0.15) is 0 Å². The summed E-state index contributed by atoms with van der Waals surface area (Å²) in [6, 6.07) is 19.4. The fraction of sp³-hybridized carbons (Fsp3) is 0.259. The molecule has 1 amide bonds. The zero-order valence-corrected chi connectivity index (χ0v) is 20.9. The Labute approximate surface area is 212 Å². The predicted octanol–water partition coefficient (Wildman–Crippen LogP) is 4.20. The molecule has 0 fully saturated rings. The SMILES string of the molecule is CN(C)C(=O)c1cccc(-c2ccc(N(C3CCCc4c(OCC(=O)O)cccc43)S(=O)[O-])cc2)c1. The average Bonchev–Trinajstić information content (AvgIpc) is 2.87. The second-order valence-corrected chi connectivity index (χ2v) is 9.61. The van der Waals surface area contributed by atoms with E-state index in [1.807, 2.05) is 36.4 Å². The molecule has 36 heavy (non-hydrogen) atoms. The molecule has 2 unspecified atom stereocenters. The van der Waals surface area contributed by atoms with Crippen molar-refractivity contribution in [2.24, 2.45) is 0 Å². The quantitative estimate of drug-likeness (QED) is 0.458. The summed E-state index contributed by atoms with van der Waals surface area (Å²) in [5.74, 6) is -0.693. The van der Waals surface area contributed by atoms with Crippen molar-refractivity contribution in [1.82, 2.24) is 4.90 Å². The lowest BCUT2D eigenvalue weighted by Gasteiger charge is -2.38. The van der Waals surface area contributed by atoms with Crippen LogP contribution in [0.1, 0.15) is 40.4 Å². The molecule has 1 aliphatic carbocycles. The molecule has 0 bridgehead atoms. The molecule has 0 spiro atoms. The summed E-state index contributed by atoms with van der Waals surface area (Å²) in [5.41, 5.74) is 4.45. The molecule has 0 aliphatic heterocycles. The highest BCUT2D eigenvalue weighted by molar-refractivity contribution is 7.80. The van der Waals surface area contributed by atoms with Crippen molar-refractivity contribution in [3.05, 3.63) is 83.4 Å². The van der Waals surface area contributed by atoms with Gasteiger partial charge in [-0.05, 0) is 71.8 Å². The van der Waals surface area contributed by atoms with Crippen LogP contribution in [0.5, 0.6) is 5.75 Å². The third-order valence-corrected chi connectivity index (χ3v) is 6.98.